The molecule has 0 aliphatic rings. The molecule has 5 heteroatoms. The lowest BCUT2D eigenvalue weighted by molar-refractivity contribution is 0.958. The van der Waals surface area contributed by atoms with Gasteiger partial charge in [0.25, 0.3) is 0 Å². The quantitative estimate of drug-likeness (QED) is 0.932. The lowest BCUT2D eigenvalue weighted by atomic mass is 10.1. The van der Waals surface area contributed by atoms with Crippen LogP contribution in [-0.2, 0) is 0 Å². The van der Waals surface area contributed by atoms with E-state index in [0.29, 0.717) is 5.82 Å². The zero-order chi connectivity index (χ0) is 13.8. The Hall–Kier alpha value is -1.49. The minimum absolute atomic E-state index is 0.713. The monoisotopic (exact) mass is 320 g/mol. The van der Waals surface area contributed by atoms with E-state index in [-0.39, 0.29) is 0 Å². The predicted octanol–water partition coefficient (Wildman–Crippen LogP) is 3.74. The summed E-state index contributed by atoms with van der Waals surface area (Å²) in [5, 5.41) is 3.31. The first-order valence-electron chi connectivity index (χ1n) is 6.32. The van der Waals surface area contributed by atoms with Crippen molar-refractivity contribution in [3.05, 3.63) is 34.2 Å². The number of hydrogen-bond acceptors (Lipinski definition) is 4. The summed E-state index contributed by atoms with van der Waals surface area (Å²) in [6, 6.07) is 1.97. The van der Waals surface area contributed by atoms with Crippen LogP contribution in [-0.4, -0.2) is 21.5 Å². The molecular weight excluding hydrogens is 304 g/mol. The van der Waals surface area contributed by atoms with Crippen molar-refractivity contribution < 1.29 is 0 Å². The highest BCUT2D eigenvalue weighted by Crippen LogP contribution is 2.27. The van der Waals surface area contributed by atoms with Crippen LogP contribution in [0, 0.1) is 13.8 Å². The molecule has 0 fully saturated rings. The molecule has 0 radical (unpaired) electrons. The summed E-state index contributed by atoms with van der Waals surface area (Å²) in [6.07, 6.45) is 4.64. The molecule has 100 valence electrons. The molecule has 2 aromatic rings. The Morgan fingerprint density at radius 2 is 2.05 bits per heavy atom. The molecule has 0 aromatic carbocycles. The standard InChI is InChI=1S/C14H17BrN4/c1-4-6-17-14-12(15)10(3)18-13(19-14)11-8-16-7-5-9(11)2/h5,7-8H,4,6H2,1-3H3,(H,17,18,19). The topological polar surface area (TPSA) is 50.7 Å². The van der Waals surface area contributed by atoms with Crippen LogP contribution in [0.3, 0.4) is 0 Å². The van der Waals surface area contributed by atoms with Gasteiger partial charge in [0.2, 0.25) is 0 Å². The van der Waals surface area contributed by atoms with E-state index in [1.807, 2.05) is 26.1 Å². The number of rotatable bonds is 4. The number of pyridine rings is 1. The Morgan fingerprint density at radius 1 is 1.26 bits per heavy atom. The van der Waals surface area contributed by atoms with Crippen molar-refractivity contribution in [2.75, 3.05) is 11.9 Å². The summed E-state index contributed by atoms with van der Waals surface area (Å²) in [4.78, 5) is 13.3. The second-order valence-electron chi connectivity index (χ2n) is 4.41. The van der Waals surface area contributed by atoms with E-state index in [9.17, 15) is 0 Å². The van der Waals surface area contributed by atoms with Crippen LogP contribution >= 0.6 is 15.9 Å². The van der Waals surface area contributed by atoms with Gasteiger partial charge in [0, 0.05) is 24.5 Å². The molecule has 0 saturated carbocycles. The Bertz CT molecular complexity index is 584. The third-order valence-corrected chi connectivity index (χ3v) is 3.79. The Labute approximate surface area is 121 Å². The number of hydrogen-bond donors (Lipinski definition) is 1. The molecule has 0 amide bonds. The minimum atomic E-state index is 0.713. The highest BCUT2D eigenvalue weighted by atomic mass is 79.9. The normalized spacial score (nSPS) is 10.5. The minimum Gasteiger partial charge on any atom is -0.369 e. The smallest absolute Gasteiger partial charge is 0.163 e. The lowest BCUT2D eigenvalue weighted by Crippen LogP contribution is -2.06. The van der Waals surface area contributed by atoms with E-state index in [1.54, 1.807) is 6.20 Å². The highest BCUT2D eigenvalue weighted by Gasteiger charge is 2.12. The Balaban J connectivity index is 2.47. The number of aryl methyl sites for hydroxylation is 2. The molecule has 4 nitrogen and oxygen atoms in total. The van der Waals surface area contributed by atoms with Gasteiger partial charge in [0.05, 0.1) is 10.2 Å². The number of anilines is 1. The van der Waals surface area contributed by atoms with E-state index in [0.717, 1.165) is 40.1 Å². The largest absolute Gasteiger partial charge is 0.369 e. The van der Waals surface area contributed by atoms with Gasteiger partial charge in [-0.3, -0.25) is 4.98 Å². The molecule has 2 rings (SSSR count). The van der Waals surface area contributed by atoms with E-state index in [2.05, 4.69) is 43.1 Å². The fourth-order valence-corrected chi connectivity index (χ4v) is 2.06. The van der Waals surface area contributed by atoms with Gasteiger partial charge in [-0.15, -0.1) is 0 Å². The van der Waals surface area contributed by atoms with Gasteiger partial charge >= 0.3 is 0 Å². The zero-order valence-corrected chi connectivity index (χ0v) is 13.0. The van der Waals surface area contributed by atoms with Crippen LogP contribution in [0.1, 0.15) is 24.6 Å². The maximum absolute atomic E-state index is 4.59. The van der Waals surface area contributed by atoms with E-state index >= 15 is 0 Å². The SMILES string of the molecule is CCCNc1nc(-c2cnccc2C)nc(C)c1Br. The van der Waals surface area contributed by atoms with Gasteiger partial charge in [-0.25, -0.2) is 9.97 Å². The average Bonchev–Trinajstić information content (AvgIpc) is 2.41. The lowest BCUT2D eigenvalue weighted by Gasteiger charge is -2.11. The van der Waals surface area contributed by atoms with Crippen LogP contribution in [0.15, 0.2) is 22.9 Å². The molecule has 0 aliphatic heterocycles. The summed E-state index contributed by atoms with van der Waals surface area (Å²) in [7, 11) is 0. The van der Waals surface area contributed by atoms with Gasteiger partial charge in [-0.2, -0.15) is 0 Å². The Morgan fingerprint density at radius 3 is 2.74 bits per heavy atom. The second-order valence-corrected chi connectivity index (χ2v) is 5.21. The van der Waals surface area contributed by atoms with Crippen molar-refractivity contribution in [2.45, 2.75) is 27.2 Å². The molecule has 0 atom stereocenters. The van der Waals surface area contributed by atoms with Crippen molar-refractivity contribution in [3.63, 3.8) is 0 Å². The maximum atomic E-state index is 4.59. The van der Waals surface area contributed by atoms with Crippen molar-refractivity contribution in [2.24, 2.45) is 0 Å². The number of aromatic nitrogens is 3. The van der Waals surface area contributed by atoms with Crippen LogP contribution in [0.4, 0.5) is 5.82 Å². The molecule has 0 unspecified atom stereocenters. The molecule has 19 heavy (non-hydrogen) atoms. The van der Waals surface area contributed by atoms with Crippen LogP contribution in [0.25, 0.3) is 11.4 Å². The first kappa shape index (κ1) is 13.9. The van der Waals surface area contributed by atoms with Crippen molar-refractivity contribution in [3.8, 4) is 11.4 Å². The van der Waals surface area contributed by atoms with Crippen LogP contribution < -0.4 is 5.32 Å². The van der Waals surface area contributed by atoms with Crippen molar-refractivity contribution >= 4 is 21.7 Å². The molecule has 0 aliphatic carbocycles. The van der Waals surface area contributed by atoms with Gasteiger partial charge in [-0.1, -0.05) is 6.92 Å². The fraction of sp³-hybridized carbons (Fsp3) is 0.357. The summed E-state index contributed by atoms with van der Waals surface area (Å²) in [5.74, 6) is 1.55. The number of halogens is 1. The van der Waals surface area contributed by atoms with Gasteiger partial charge < -0.3 is 5.32 Å². The predicted molar refractivity (Wildman–Crippen MR) is 81.2 cm³/mol. The number of nitrogens with zero attached hydrogens (tertiary/aromatic N) is 3. The molecule has 0 bridgehead atoms. The van der Waals surface area contributed by atoms with Gasteiger partial charge in [0.1, 0.15) is 5.82 Å². The maximum Gasteiger partial charge on any atom is 0.163 e. The highest BCUT2D eigenvalue weighted by molar-refractivity contribution is 9.10. The van der Waals surface area contributed by atoms with E-state index < -0.39 is 0 Å². The fourth-order valence-electron chi connectivity index (χ4n) is 1.74. The molecule has 2 heterocycles. The van der Waals surface area contributed by atoms with Crippen LogP contribution in [0.2, 0.25) is 0 Å². The van der Waals surface area contributed by atoms with Crippen molar-refractivity contribution in [1.29, 1.82) is 0 Å². The summed E-state index contributed by atoms with van der Waals surface area (Å²) < 4.78 is 0.922. The molecule has 0 saturated heterocycles. The van der Waals surface area contributed by atoms with Crippen LogP contribution in [0.5, 0.6) is 0 Å². The average molecular weight is 321 g/mol. The van der Waals surface area contributed by atoms with Crippen molar-refractivity contribution in [1.82, 2.24) is 15.0 Å². The first-order valence-corrected chi connectivity index (χ1v) is 7.11. The zero-order valence-electron chi connectivity index (χ0n) is 11.4. The summed E-state index contributed by atoms with van der Waals surface area (Å²) in [6.45, 7) is 7.02. The number of nitrogens with one attached hydrogen (secondary N) is 1. The summed E-state index contributed by atoms with van der Waals surface area (Å²) in [5.41, 5.74) is 3.02. The van der Waals surface area contributed by atoms with E-state index in [4.69, 9.17) is 0 Å². The molecule has 1 N–H and O–H groups in total. The van der Waals surface area contributed by atoms with E-state index in [1.165, 1.54) is 0 Å². The first-order chi connectivity index (χ1) is 9.13. The molecular formula is C14H17BrN4. The molecule has 0 spiro atoms. The van der Waals surface area contributed by atoms with Gasteiger partial charge in [0.15, 0.2) is 5.82 Å². The third-order valence-electron chi connectivity index (χ3n) is 2.84. The Kier molecular flexibility index (Phi) is 4.47. The molecule has 2 aromatic heterocycles. The summed E-state index contributed by atoms with van der Waals surface area (Å²) >= 11 is 3.53. The second kappa shape index (κ2) is 6.10. The third kappa shape index (κ3) is 3.10. The van der Waals surface area contributed by atoms with Gasteiger partial charge in [-0.05, 0) is 47.8 Å².